The minimum absolute atomic E-state index is 0.113. The van der Waals surface area contributed by atoms with E-state index < -0.39 is 0 Å². The maximum Gasteiger partial charge on any atom is 0.260 e. The van der Waals surface area contributed by atoms with Crippen LogP contribution in [0.1, 0.15) is 16.7 Å². The average molecular weight is 327 g/mol. The monoisotopic (exact) mass is 326 g/mol. The molecule has 0 unspecified atom stereocenters. The smallest absolute Gasteiger partial charge is 0.260 e. The van der Waals surface area contributed by atoms with Crippen LogP contribution in [-0.2, 0) is 16.1 Å². The molecule has 0 radical (unpaired) electrons. The molecular formula is C18H15ClN2O2. The number of ether oxygens (including phenoxy) is 1. The lowest BCUT2D eigenvalue weighted by Crippen LogP contribution is -2.05. The topological polar surface area (TPSA) is 50.4 Å². The molecule has 4 rings (SSSR count). The highest BCUT2D eigenvalue weighted by Gasteiger charge is 2.32. The second-order valence-corrected chi connectivity index (χ2v) is 5.86. The Bertz CT molecular complexity index is 830. The summed E-state index contributed by atoms with van der Waals surface area (Å²) >= 11 is 5.70. The second-order valence-electron chi connectivity index (χ2n) is 5.48. The van der Waals surface area contributed by atoms with Gasteiger partial charge < -0.3 is 15.4 Å². The zero-order valence-corrected chi connectivity index (χ0v) is 13.1. The lowest BCUT2D eigenvalue weighted by atomic mass is 10.0. The molecule has 0 spiro atoms. The number of amides is 1. The number of hydrogen-bond acceptors (Lipinski definition) is 3. The molecule has 116 valence electrons. The van der Waals surface area contributed by atoms with Crippen LogP contribution in [-0.4, -0.2) is 18.3 Å². The number of anilines is 2. The average Bonchev–Trinajstić information content (AvgIpc) is 3.12. The number of carbonyl (C=O) groups excluding carboxylic acids is 1. The van der Waals surface area contributed by atoms with E-state index in [1.807, 2.05) is 42.5 Å². The molecule has 2 aliphatic heterocycles. The minimum atomic E-state index is -0.113. The molecule has 2 aromatic carbocycles. The van der Waals surface area contributed by atoms with Crippen LogP contribution in [0.3, 0.4) is 0 Å². The Morgan fingerprint density at radius 3 is 2.91 bits per heavy atom. The van der Waals surface area contributed by atoms with E-state index in [4.69, 9.17) is 16.3 Å². The standard InChI is InChI=1S/C18H15ClN2O2/c19-7-8-20-12-5-6-13-11(9-12)10-23-17(13)16-14-3-1-2-4-15(14)21-18(16)22/h1-6,9,20H,7-8,10H2,(H,21,22). The second kappa shape index (κ2) is 5.63. The third-order valence-corrected chi connectivity index (χ3v) is 4.23. The van der Waals surface area contributed by atoms with E-state index in [0.29, 0.717) is 30.4 Å². The highest BCUT2D eigenvalue weighted by molar-refractivity contribution is 6.36. The zero-order valence-electron chi connectivity index (χ0n) is 12.4. The van der Waals surface area contributed by atoms with Crippen molar-refractivity contribution in [3.63, 3.8) is 0 Å². The third kappa shape index (κ3) is 2.35. The first kappa shape index (κ1) is 14.2. The first-order chi connectivity index (χ1) is 11.3. The van der Waals surface area contributed by atoms with Gasteiger partial charge in [-0.2, -0.15) is 0 Å². The van der Waals surface area contributed by atoms with Gasteiger partial charge in [-0.1, -0.05) is 18.2 Å². The van der Waals surface area contributed by atoms with Gasteiger partial charge in [0.25, 0.3) is 5.91 Å². The van der Waals surface area contributed by atoms with E-state index in [1.54, 1.807) is 0 Å². The summed E-state index contributed by atoms with van der Waals surface area (Å²) < 4.78 is 5.86. The highest BCUT2D eigenvalue weighted by Crippen LogP contribution is 2.41. The minimum Gasteiger partial charge on any atom is -0.487 e. The van der Waals surface area contributed by atoms with E-state index in [-0.39, 0.29) is 5.91 Å². The predicted molar refractivity (Wildman–Crippen MR) is 92.3 cm³/mol. The summed E-state index contributed by atoms with van der Waals surface area (Å²) in [4.78, 5) is 12.4. The molecular weight excluding hydrogens is 312 g/mol. The number of hydrogen-bond donors (Lipinski definition) is 2. The van der Waals surface area contributed by atoms with Crippen molar-refractivity contribution in [3.8, 4) is 0 Å². The Balaban J connectivity index is 1.78. The van der Waals surface area contributed by atoms with Crippen LogP contribution in [0, 0.1) is 0 Å². The molecule has 2 aliphatic rings. The Hall–Kier alpha value is -2.46. The van der Waals surface area contributed by atoms with Crippen molar-refractivity contribution in [1.29, 1.82) is 0 Å². The molecule has 2 aromatic rings. The van der Waals surface area contributed by atoms with Gasteiger partial charge >= 0.3 is 0 Å². The maximum atomic E-state index is 12.4. The lowest BCUT2D eigenvalue weighted by molar-refractivity contribution is -0.110. The van der Waals surface area contributed by atoms with Crippen LogP contribution in [0.4, 0.5) is 11.4 Å². The SMILES string of the molecule is O=C1Nc2ccccc2C1=C1OCc2cc(NCCCl)ccc21. The molecule has 2 N–H and O–H groups in total. The third-order valence-electron chi connectivity index (χ3n) is 4.04. The molecule has 0 bridgehead atoms. The van der Waals surface area contributed by atoms with Crippen LogP contribution < -0.4 is 10.6 Å². The molecule has 0 aliphatic carbocycles. The van der Waals surface area contributed by atoms with Crippen LogP contribution in [0.5, 0.6) is 0 Å². The van der Waals surface area contributed by atoms with Gasteiger partial charge in [0.15, 0.2) is 0 Å². The van der Waals surface area contributed by atoms with Gasteiger partial charge in [-0.05, 0) is 24.3 Å². The van der Waals surface area contributed by atoms with Crippen LogP contribution in [0.15, 0.2) is 42.5 Å². The molecule has 0 saturated heterocycles. The van der Waals surface area contributed by atoms with Gasteiger partial charge in [-0.3, -0.25) is 4.79 Å². The van der Waals surface area contributed by atoms with Crippen molar-refractivity contribution < 1.29 is 9.53 Å². The fourth-order valence-electron chi connectivity index (χ4n) is 3.01. The summed E-state index contributed by atoms with van der Waals surface area (Å²) in [5, 5.41) is 6.14. The summed E-state index contributed by atoms with van der Waals surface area (Å²) in [6, 6.07) is 13.7. The predicted octanol–water partition coefficient (Wildman–Crippen LogP) is 3.69. The van der Waals surface area contributed by atoms with Gasteiger partial charge in [-0.15, -0.1) is 11.6 Å². The maximum absolute atomic E-state index is 12.4. The summed E-state index contributed by atoms with van der Waals surface area (Å²) in [5.41, 5.74) is 5.39. The van der Waals surface area contributed by atoms with E-state index in [9.17, 15) is 4.79 Å². The van der Waals surface area contributed by atoms with Gasteiger partial charge in [0, 0.05) is 40.5 Å². The highest BCUT2D eigenvalue weighted by atomic mass is 35.5. The van der Waals surface area contributed by atoms with Crippen molar-refractivity contribution in [3.05, 3.63) is 59.2 Å². The molecule has 0 saturated carbocycles. The Labute approximate surface area is 139 Å². The number of para-hydroxylation sites is 1. The Kier molecular flexibility index (Phi) is 3.46. The number of alkyl halides is 1. The number of carbonyl (C=O) groups is 1. The molecule has 0 atom stereocenters. The van der Waals surface area contributed by atoms with Gasteiger partial charge in [0.2, 0.25) is 0 Å². The number of halogens is 1. The van der Waals surface area contributed by atoms with Crippen LogP contribution in [0.25, 0.3) is 11.3 Å². The molecule has 0 aromatic heterocycles. The van der Waals surface area contributed by atoms with E-state index in [0.717, 1.165) is 28.1 Å². The molecule has 1 amide bonds. The van der Waals surface area contributed by atoms with Crippen LogP contribution >= 0.6 is 11.6 Å². The van der Waals surface area contributed by atoms with E-state index >= 15 is 0 Å². The van der Waals surface area contributed by atoms with Crippen molar-refractivity contribution in [1.82, 2.24) is 0 Å². The number of rotatable bonds is 3. The van der Waals surface area contributed by atoms with Crippen molar-refractivity contribution in [2.45, 2.75) is 6.61 Å². The Morgan fingerprint density at radius 2 is 2.04 bits per heavy atom. The fourth-order valence-corrected chi connectivity index (χ4v) is 3.11. The summed E-state index contributed by atoms with van der Waals surface area (Å²) in [6.07, 6.45) is 0. The lowest BCUT2D eigenvalue weighted by Gasteiger charge is -2.07. The Morgan fingerprint density at radius 1 is 1.17 bits per heavy atom. The normalized spacial score (nSPS) is 18.2. The van der Waals surface area contributed by atoms with Crippen molar-refractivity contribution >= 4 is 40.2 Å². The zero-order chi connectivity index (χ0) is 15.8. The molecule has 4 nitrogen and oxygen atoms in total. The molecule has 0 fully saturated rings. The number of fused-ring (bicyclic) bond motifs is 2. The number of nitrogens with one attached hydrogen (secondary N) is 2. The van der Waals surface area contributed by atoms with Crippen molar-refractivity contribution in [2.24, 2.45) is 0 Å². The summed E-state index contributed by atoms with van der Waals surface area (Å²) in [7, 11) is 0. The van der Waals surface area contributed by atoms with Gasteiger partial charge in [-0.25, -0.2) is 0 Å². The van der Waals surface area contributed by atoms with Gasteiger partial charge in [0.1, 0.15) is 12.4 Å². The molecule has 5 heteroatoms. The van der Waals surface area contributed by atoms with E-state index in [1.165, 1.54) is 0 Å². The van der Waals surface area contributed by atoms with Crippen LogP contribution in [0.2, 0.25) is 0 Å². The van der Waals surface area contributed by atoms with Crippen molar-refractivity contribution in [2.75, 3.05) is 23.1 Å². The van der Waals surface area contributed by atoms with Gasteiger partial charge in [0.05, 0.1) is 5.57 Å². The number of benzene rings is 2. The largest absolute Gasteiger partial charge is 0.487 e. The summed E-state index contributed by atoms with van der Waals surface area (Å²) in [6.45, 7) is 1.19. The van der Waals surface area contributed by atoms with E-state index in [2.05, 4.69) is 10.6 Å². The molecule has 2 heterocycles. The summed E-state index contributed by atoms with van der Waals surface area (Å²) in [5.74, 6) is 1.10. The quantitative estimate of drug-likeness (QED) is 0.668. The molecule has 23 heavy (non-hydrogen) atoms. The fraction of sp³-hybridized carbons (Fsp3) is 0.167. The first-order valence-corrected chi connectivity index (χ1v) is 8.02. The first-order valence-electron chi connectivity index (χ1n) is 7.49.